The largest absolute Gasteiger partial charge is 0.312 e. The van der Waals surface area contributed by atoms with E-state index in [0.29, 0.717) is 10.8 Å². The molecule has 2 atom stereocenters. The molecule has 1 nitrogen and oxygen atoms in total. The Morgan fingerprint density at radius 1 is 1.12 bits per heavy atom. The van der Waals surface area contributed by atoms with E-state index in [0.717, 1.165) is 11.8 Å². The lowest BCUT2D eigenvalue weighted by molar-refractivity contribution is 0.217. The summed E-state index contributed by atoms with van der Waals surface area (Å²) in [6, 6.07) is 0. The molecule has 2 saturated carbocycles. The summed E-state index contributed by atoms with van der Waals surface area (Å²) in [5.41, 5.74) is 1.40. The summed E-state index contributed by atoms with van der Waals surface area (Å²) >= 11 is 0. The molecule has 2 fully saturated rings. The Balaban J connectivity index is 1.89. The molecule has 0 amide bonds. The summed E-state index contributed by atoms with van der Waals surface area (Å²) in [7, 11) is 0. The number of hydrogen-bond acceptors (Lipinski definition) is 1. The Morgan fingerprint density at radius 3 is 2.12 bits per heavy atom. The molecule has 1 N–H and O–H groups in total. The minimum atomic E-state index is 0.260. The van der Waals surface area contributed by atoms with Gasteiger partial charge in [-0.05, 0) is 56.4 Å². The maximum Gasteiger partial charge on any atom is 0.00966 e. The van der Waals surface area contributed by atoms with Crippen molar-refractivity contribution in [3.63, 3.8) is 0 Å². The molecule has 2 aliphatic carbocycles. The highest BCUT2D eigenvalue weighted by atomic mass is 15.0. The van der Waals surface area contributed by atoms with Crippen LogP contribution in [0.3, 0.4) is 0 Å². The maximum absolute atomic E-state index is 3.70. The predicted octanol–water partition coefficient (Wildman–Crippen LogP) is 4.23. The van der Waals surface area contributed by atoms with Gasteiger partial charge in [0, 0.05) is 5.54 Å². The first kappa shape index (κ1) is 13.4. The van der Waals surface area contributed by atoms with Gasteiger partial charge in [0.1, 0.15) is 0 Å². The van der Waals surface area contributed by atoms with Gasteiger partial charge in [-0.3, -0.25) is 0 Å². The lowest BCUT2D eigenvalue weighted by atomic mass is 9.76. The summed E-state index contributed by atoms with van der Waals surface area (Å²) in [4.78, 5) is 0. The minimum Gasteiger partial charge on any atom is -0.312 e. The fourth-order valence-electron chi connectivity index (χ4n) is 3.79. The van der Waals surface area contributed by atoms with E-state index >= 15 is 0 Å². The van der Waals surface area contributed by atoms with Crippen molar-refractivity contribution in [2.75, 3.05) is 6.54 Å². The molecule has 2 aliphatic rings. The van der Waals surface area contributed by atoms with E-state index in [1.807, 2.05) is 0 Å². The van der Waals surface area contributed by atoms with Crippen molar-refractivity contribution in [1.29, 1.82) is 0 Å². The molecule has 0 saturated heterocycles. The van der Waals surface area contributed by atoms with Gasteiger partial charge in [-0.1, -0.05) is 40.0 Å². The van der Waals surface area contributed by atoms with E-state index in [2.05, 4.69) is 46.9 Å². The second kappa shape index (κ2) is 3.98. The molecule has 0 aliphatic heterocycles. The third kappa shape index (κ3) is 2.41. The van der Waals surface area contributed by atoms with Crippen molar-refractivity contribution in [2.45, 2.75) is 72.8 Å². The Morgan fingerprint density at radius 2 is 1.71 bits per heavy atom. The van der Waals surface area contributed by atoms with Crippen LogP contribution in [-0.2, 0) is 0 Å². The zero-order chi connectivity index (χ0) is 12.9. The van der Waals surface area contributed by atoms with Gasteiger partial charge in [-0.15, -0.1) is 0 Å². The average Bonchev–Trinajstić information content (AvgIpc) is 2.50. The zero-order valence-corrected chi connectivity index (χ0v) is 12.7. The van der Waals surface area contributed by atoms with Crippen LogP contribution in [0.25, 0.3) is 0 Å². The summed E-state index contributed by atoms with van der Waals surface area (Å²) in [6.45, 7) is 15.5. The van der Waals surface area contributed by atoms with Crippen molar-refractivity contribution in [3.8, 4) is 0 Å². The van der Waals surface area contributed by atoms with E-state index in [-0.39, 0.29) is 5.54 Å². The SMILES string of the molecule is CC(C)(C)NCC1C(C)(C)C1(C)CC1CCC1. The lowest BCUT2D eigenvalue weighted by Crippen LogP contribution is -2.38. The van der Waals surface area contributed by atoms with Crippen molar-refractivity contribution in [2.24, 2.45) is 22.7 Å². The van der Waals surface area contributed by atoms with Crippen molar-refractivity contribution < 1.29 is 0 Å². The van der Waals surface area contributed by atoms with Crippen LogP contribution < -0.4 is 5.32 Å². The third-order valence-electron chi connectivity index (χ3n) is 5.80. The fraction of sp³-hybridized carbons (Fsp3) is 1.00. The monoisotopic (exact) mass is 237 g/mol. The summed E-state index contributed by atoms with van der Waals surface area (Å²) in [5.74, 6) is 1.91. The van der Waals surface area contributed by atoms with E-state index in [1.54, 1.807) is 0 Å². The van der Waals surface area contributed by atoms with Gasteiger partial charge in [0.15, 0.2) is 0 Å². The molecule has 0 heterocycles. The highest BCUT2D eigenvalue weighted by Gasteiger charge is 2.67. The van der Waals surface area contributed by atoms with Crippen LogP contribution in [0.2, 0.25) is 0 Å². The molecule has 100 valence electrons. The number of nitrogens with one attached hydrogen (secondary N) is 1. The van der Waals surface area contributed by atoms with Crippen LogP contribution in [-0.4, -0.2) is 12.1 Å². The van der Waals surface area contributed by atoms with Crippen molar-refractivity contribution in [3.05, 3.63) is 0 Å². The van der Waals surface area contributed by atoms with Crippen LogP contribution in [0.1, 0.15) is 67.2 Å². The van der Waals surface area contributed by atoms with Crippen molar-refractivity contribution in [1.82, 2.24) is 5.32 Å². The van der Waals surface area contributed by atoms with Gasteiger partial charge >= 0.3 is 0 Å². The van der Waals surface area contributed by atoms with Gasteiger partial charge in [0.25, 0.3) is 0 Å². The van der Waals surface area contributed by atoms with Crippen LogP contribution in [0.5, 0.6) is 0 Å². The highest BCUT2D eigenvalue weighted by Crippen LogP contribution is 2.71. The average molecular weight is 237 g/mol. The van der Waals surface area contributed by atoms with Crippen LogP contribution in [0.15, 0.2) is 0 Å². The lowest BCUT2D eigenvalue weighted by Gasteiger charge is -2.30. The summed E-state index contributed by atoms with van der Waals surface area (Å²) in [5, 5.41) is 3.70. The first-order valence-electron chi connectivity index (χ1n) is 7.42. The molecular weight excluding hydrogens is 206 g/mol. The number of rotatable bonds is 4. The van der Waals surface area contributed by atoms with Gasteiger partial charge in [-0.2, -0.15) is 0 Å². The minimum absolute atomic E-state index is 0.260. The Hall–Kier alpha value is -0.0400. The van der Waals surface area contributed by atoms with Crippen LogP contribution in [0, 0.1) is 22.7 Å². The molecule has 0 bridgehead atoms. The normalized spacial score (nSPS) is 36.7. The molecular formula is C16H31N. The Labute approximate surface area is 108 Å². The van der Waals surface area contributed by atoms with E-state index in [1.165, 1.54) is 32.2 Å². The quantitative estimate of drug-likeness (QED) is 0.771. The highest BCUT2D eigenvalue weighted by molar-refractivity contribution is 5.16. The standard InChI is InChI=1S/C16H31N/c1-14(2,3)17-11-13-15(4,5)16(13,6)10-12-8-7-9-12/h12-13,17H,7-11H2,1-6H3. The topological polar surface area (TPSA) is 12.0 Å². The maximum atomic E-state index is 3.70. The molecule has 17 heavy (non-hydrogen) atoms. The predicted molar refractivity (Wildman–Crippen MR) is 75.1 cm³/mol. The first-order chi connectivity index (χ1) is 7.67. The summed E-state index contributed by atoms with van der Waals surface area (Å²) < 4.78 is 0. The van der Waals surface area contributed by atoms with E-state index < -0.39 is 0 Å². The molecule has 0 aromatic rings. The zero-order valence-electron chi connectivity index (χ0n) is 12.7. The second-order valence-electron chi connectivity index (χ2n) is 8.32. The molecule has 2 rings (SSSR count). The molecule has 2 unspecified atom stereocenters. The van der Waals surface area contributed by atoms with Gasteiger partial charge in [0.05, 0.1) is 0 Å². The molecule has 1 heteroatoms. The smallest absolute Gasteiger partial charge is 0.00966 e. The van der Waals surface area contributed by atoms with E-state index in [4.69, 9.17) is 0 Å². The van der Waals surface area contributed by atoms with Crippen LogP contribution in [0.4, 0.5) is 0 Å². The molecule has 0 spiro atoms. The summed E-state index contributed by atoms with van der Waals surface area (Å²) in [6.07, 6.45) is 5.93. The van der Waals surface area contributed by atoms with Gasteiger partial charge in [-0.25, -0.2) is 0 Å². The first-order valence-corrected chi connectivity index (χ1v) is 7.42. The molecule has 0 aromatic carbocycles. The fourth-order valence-corrected chi connectivity index (χ4v) is 3.79. The van der Waals surface area contributed by atoms with Gasteiger partial charge < -0.3 is 5.32 Å². The molecule has 0 aromatic heterocycles. The van der Waals surface area contributed by atoms with Crippen molar-refractivity contribution >= 4 is 0 Å². The van der Waals surface area contributed by atoms with Gasteiger partial charge in [0.2, 0.25) is 0 Å². The number of hydrogen-bond donors (Lipinski definition) is 1. The molecule has 0 radical (unpaired) electrons. The van der Waals surface area contributed by atoms with E-state index in [9.17, 15) is 0 Å². The Kier molecular flexibility index (Phi) is 3.14. The third-order valence-corrected chi connectivity index (χ3v) is 5.80. The second-order valence-corrected chi connectivity index (χ2v) is 8.32. The van der Waals surface area contributed by atoms with Crippen LogP contribution >= 0.6 is 0 Å². The Bertz CT molecular complexity index is 282.